The van der Waals surface area contributed by atoms with Gasteiger partial charge in [-0.2, -0.15) is 5.06 Å². The third kappa shape index (κ3) is 3.79. The van der Waals surface area contributed by atoms with Gasteiger partial charge in [0.2, 0.25) is 0 Å². The number of hydrogen-bond donors (Lipinski definition) is 1. The van der Waals surface area contributed by atoms with Gasteiger partial charge < -0.3 is 10.6 Å². The first kappa shape index (κ1) is 15.6. The van der Waals surface area contributed by atoms with Crippen LogP contribution in [0.3, 0.4) is 0 Å². The van der Waals surface area contributed by atoms with Crippen molar-refractivity contribution in [1.82, 2.24) is 5.06 Å². The van der Waals surface area contributed by atoms with Crippen molar-refractivity contribution in [2.24, 2.45) is 5.73 Å². The van der Waals surface area contributed by atoms with Crippen LogP contribution < -0.4 is 5.73 Å². The molecule has 0 heterocycles. The summed E-state index contributed by atoms with van der Waals surface area (Å²) >= 11 is 3.61. The molecule has 102 valence electrons. The molecular weight excluding hydrogens is 292 g/mol. The number of nitrogens with zero attached hydrogens (tertiary/aromatic N) is 1. The standard InChI is InChI=1S/C14H23BrN2O/c1-4-10-17(18-3)14(13(16)5-2)11-8-6-7-9-12(11)15/h6-9,13-14H,4-5,10,16H2,1-3H3. The van der Waals surface area contributed by atoms with E-state index in [9.17, 15) is 0 Å². The summed E-state index contributed by atoms with van der Waals surface area (Å²) in [6.45, 7) is 5.12. The van der Waals surface area contributed by atoms with Crippen molar-refractivity contribution in [1.29, 1.82) is 0 Å². The van der Waals surface area contributed by atoms with E-state index in [1.165, 1.54) is 5.56 Å². The van der Waals surface area contributed by atoms with Gasteiger partial charge in [-0.1, -0.05) is 48.0 Å². The largest absolute Gasteiger partial charge is 0.326 e. The van der Waals surface area contributed by atoms with Crippen molar-refractivity contribution in [2.45, 2.75) is 38.8 Å². The fraction of sp³-hybridized carbons (Fsp3) is 0.571. The molecule has 0 aliphatic heterocycles. The van der Waals surface area contributed by atoms with Crippen LogP contribution in [-0.4, -0.2) is 24.8 Å². The normalized spacial score (nSPS) is 14.8. The number of halogens is 1. The molecule has 0 amide bonds. The SMILES string of the molecule is CCCN(OC)C(c1ccccc1Br)C(N)CC. The lowest BCUT2D eigenvalue weighted by atomic mass is 9.97. The third-order valence-corrected chi connectivity index (χ3v) is 3.81. The van der Waals surface area contributed by atoms with Gasteiger partial charge in [0.25, 0.3) is 0 Å². The quantitative estimate of drug-likeness (QED) is 0.783. The second kappa shape index (κ2) is 7.89. The number of hydrogen-bond acceptors (Lipinski definition) is 3. The molecule has 0 radical (unpaired) electrons. The van der Waals surface area contributed by atoms with Gasteiger partial charge in [-0.05, 0) is 24.5 Å². The zero-order valence-electron chi connectivity index (χ0n) is 11.4. The highest BCUT2D eigenvalue weighted by Crippen LogP contribution is 2.31. The van der Waals surface area contributed by atoms with Crippen molar-refractivity contribution >= 4 is 15.9 Å². The molecule has 0 saturated carbocycles. The Balaban J connectivity index is 3.08. The molecule has 18 heavy (non-hydrogen) atoms. The Hall–Kier alpha value is -0.420. The second-order valence-electron chi connectivity index (χ2n) is 4.36. The fourth-order valence-corrected chi connectivity index (χ4v) is 2.62. The highest BCUT2D eigenvalue weighted by atomic mass is 79.9. The average Bonchev–Trinajstić information content (AvgIpc) is 2.39. The van der Waals surface area contributed by atoms with Gasteiger partial charge >= 0.3 is 0 Å². The summed E-state index contributed by atoms with van der Waals surface area (Å²) in [6, 6.07) is 8.33. The Bertz CT molecular complexity index is 359. The molecule has 0 aromatic heterocycles. The fourth-order valence-electron chi connectivity index (χ4n) is 2.10. The molecule has 0 aliphatic rings. The monoisotopic (exact) mass is 314 g/mol. The first-order valence-corrected chi connectivity index (χ1v) is 7.25. The molecule has 2 atom stereocenters. The Morgan fingerprint density at radius 2 is 2.00 bits per heavy atom. The highest BCUT2D eigenvalue weighted by Gasteiger charge is 2.27. The Morgan fingerprint density at radius 3 is 2.50 bits per heavy atom. The summed E-state index contributed by atoms with van der Waals surface area (Å²) in [5.41, 5.74) is 7.46. The van der Waals surface area contributed by atoms with Gasteiger partial charge in [0.1, 0.15) is 0 Å². The van der Waals surface area contributed by atoms with Crippen LogP contribution in [0, 0.1) is 0 Å². The maximum Gasteiger partial charge on any atom is 0.0763 e. The molecule has 0 saturated heterocycles. The number of benzene rings is 1. The lowest BCUT2D eigenvalue weighted by Crippen LogP contribution is -2.41. The van der Waals surface area contributed by atoms with Crippen molar-refractivity contribution in [2.75, 3.05) is 13.7 Å². The lowest BCUT2D eigenvalue weighted by Gasteiger charge is -2.34. The first-order valence-electron chi connectivity index (χ1n) is 6.46. The summed E-state index contributed by atoms with van der Waals surface area (Å²) in [7, 11) is 1.71. The molecule has 3 nitrogen and oxygen atoms in total. The van der Waals surface area contributed by atoms with E-state index >= 15 is 0 Å². The van der Waals surface area contributed by atoms with E-state index in [1.807, 2.05) is 23.3 Å². The van der Waals surface area contributed by atoms with Gasteiger partial charge in [0, 0.05) is 17.1 Å². The summed E-state index contributed by atoms with van der Waals surface area (Å²) in [4.78, 5) is 5.52. The summed E-state index contributed by atoms with van der Waals surface area (Å²) in [6.07, 6.45) is 1.95. The van der Waals surface area contributed by atoms with Crippen LogP contribution in [0.25, 0.3) is 0 Å². The van der Waals surface area contributed by atoms with Gasteiger partial charge in [-0.3, -0.25) is 0 Å². The van der Waals surface area contributed by atoms with Gasteiger partial charge in [-0.15, -0.1) is 0 Å². The highest BCUT2D eigenvalue weighted by molar-refractivity contribution is 9.10. The van der Waals surface area contributed by atoms with Gasteiger partial charge in [0.15, 0.2) is 0 Å². The molecule has 0 bridgehead atoms. The van der Waals surface area contributed by atoms with E-state index in [2.05, 4.69) is 35.8 Å². The Labute approximate surface area is 118 Å². The summed E-state index contributed by atoms with van der Waals surface area (Å²) in [5.74, 6) is 0. The maximum absolute atomic E-state index is 6.28. The first-order chi connectivity index (χ1) is 8.65. The zero-order chi connectivity index (χ0) is 13.5. The lowest BCUT2D eigenvalue weighted by molar-refractivity contribution is -0.169. The number of nitrogens with two attached hydrogens (primary N) is 1. The van der Waals surface area contributed by atoms with Crippen LogP contribution in [0.15, 0.2) is 28.7 Å². The average molecular weight is 315 g/mol. The minimum atomic E-state index is 0.0511. The van der Waals surface area contributed by atoms with Gasteiger partial charge in [0.05, 0.1) is 13.2 Å². The Morgan fingerprint density at radius 1 is 1.33 bits per heavy atom. The van der Waals surface area contributed by atoms with E-state index in [0.29, 0.717) is 0 Å². The van der Waals surface area contributed by atoms with Crippen molar-refractivity contribution in [3.05, 3.63) is 34.3 Å². The molecule has 2 N–H and O–H groups in total. The van der Waals surface area contributed by atoms with Crippen molar-refractivity contribution in [3.63, 3.8) is 0 Å². The Kier molecular flexibility index (Phi) is 6.86. The zero-order valence-corrected chi connectivity index (χ0v) is 13.0. The van der Waals surface area contributed by atoms with Crippen LogP contribution in [0.5, 0.6) is 0 Å². The van der Waals surface area contributed by atoms with Crippen LogP contribution in [0.4, 0.5) is 0 Å². The second-order valence-corrected chi connectivity index (χ2v) is 5.22. The minimum Gasteiger partial charge on any atom is -0.326 e. The van der Waals surface area contributed by atoms with E-state index < -0.39 is 0 Å². The van der Waals surface area contributed by atoms with Crippen molar-refractivity contribution in [3.8, 4) is 0 Å². The van der Waals surface area contributed by atoms with E-state index in [0.717, 1.165) is 23.9 Å². The molecule has 1 aromatic carbocycles. The number of hydroxylamine groups is 2. The number of rotatable bonds is 7. The summed E-state index contributed by atoms with van der Waals surface area (Å²) < 4.78 is 1.08. The van der Waals surface area contributed by atoms with Crippen LogP contribution in [-0.2, 0) is 4.84 Å². The predicted octanol–water partition coefficient (Wildman–Crippen LogP) is 3.50. The molecule has 1 aromatic rings. The van der Waals surface area contributed by atoms with E-state index in [4.69, 9.17) is 10.6 Å². The third-order valence-electron chi connectivity index (χ3n) is 3.09. The molecule has 4 heteroatoms. The molecule has 1 rings (SSSR count). The molecule has 0 aliphatic carbocycles. The molecule has 2 unspecified atom stereocenters. The molecule has 0 fully saturated rings. The topological polar surface area (TPSA) is 38.5 Å². The minimum absolute atomic E-state index is 0.0511. The van der Waals surface area contributed by atoms with Crippen LogP contribution in [0.1, 0.15) is 38.3 Å². The van der Waals surface area contributed by atoms with Gasteiger partial charge in [-0.25, -0.2) is 0 Å². The van der Waals surface area contributed by atoms with Crippen molar-refractivity contribution < 1.29 is 4.84 Å². The molecular formula is C14H23BrN2O. The van der Waals surface area contributed by atoms with Crippen LogP contribution in [0.2, 0.25) is 0 Å². The van der Waals surface area contributed by atoms with Crippen LogP contribution >= 0.6 is 15.9 Å². The predicted molar refractivity (Wildman–Crippen MR) is 79.2 cm³/mol. The van der Waals surface area contributed by atoms with E-state index in [1.54, 1.807) is 7.11 Å². The van der Waals surface area contributed by atoms with E-state index in [-0.39, 0.29) is 12.1 Å². The summed E-state index contributed by atoms with van der Waals surface area (Å²) in [5, 5.41) is 1.98. The molecule has 0 spiro atoms. The maximum atomic E-state index is 6.28. The smallest absolute Gasteiger partial charge is 0.0763 e.